The molecule has 0 fully saturated rings. The Bertz CT molecular complexity index is 1070. The first-order valence-electron chi connectivity index (χ1n) is 8.72. The van der Waals surface area contributed by atoms with Crippen molar-refractivity contribution in [1.82, 2.24) is 14.5 Å². The highest BCUT2D eigenvalue weighted by Crippen LogP contribution is 2.26. The molecular formula is C18H22N4O4S2. The van der Waals surface area contributed by atoms with E-state index in [0.717, 1.165) is 17.7 Å². The third-order valence-electron chi connectivity index (χ3n) is 4.18. The Morgan fingerprint density at radius 1 is 1.36 bits per heavy atom. The Morgan fingerprint density at radius 2 is 2.14 bits per heavy atom. The van der Waals surface area contributed by atoms with Crippen molar-refractivity contribution in [2.24, 2.45) is 5.14 Å². The number of carbonyl (C=O) groups is 1. The van der Waals surface area contributed by atoms with Crippen molar-refractivity contribution in [2.75, 3.05) is 12.8 Å². The normalized spacial score (nSPS) is 11.8. The lowest BCUT2D eigenvalue weighted by atomic mass is 10.3. The highest BCUT2D eigenvalue weighted by Gasteiger charge is 2.17. The summed E-state index contributed by atoms with van der Waals surface area (Å²) in [5, 5.41) is 5.88. The molecule has 3 aromatic rings. The van der Waals surface area contributed by atoms with Crippen LogP contribution < -0.4 is 5.14 Å². The predicted molar refractivity (Wildman–Crippen MR) is 107 cm³/mol. The number of amides is 1. The Kier molecular flexibility index (Phi) is 6.11. The summed E-state index contributed by atoms with van der Waals surface area (Å²) in [7, 11) is -2.08. The van der Waals surface area contributed by atoms with Crippen LogP contribution in [-0.2, 0) is 27.9 Å². The van der Waals surface area contributed by atoms with Gasteiger partial charge in [0, 0.05) is 13.6 Å². The molecule has 2 aromatic heterocycles. The van der Waals surface area contributed by atoms with Crippen molar-refractivity contribution in [2.45, 2.75) is 36.5 Å². The van der Waals surface area contributed by atoms with Gasteiger partial charge in [-0.2, -0.15) is 0 Å². The number of aromatic nitrogens is 2. The molecule has 150 valence electrons. The Morgan fingerprint density at radius 3 is 2.79 bits per heavy atom. The molecule has 8 nitrogen and oxygen atoms in total. The zero-order chi connectivity index (χ0) is 20.3. The Hall–Kier alpha value is -2.30. The number of nitrogens with two attached hydrogens (primary N) is 1. The van der Waals surface area contributed by atoms with Gasteiger partial charge in [-0.15, -0.1) is 0 Å². The van der Waals surface area contributed by atoms with Gasteiger partial charge in [-0.05, 0) is 36.8 Å². The number of sulfonamides is 1. The van der Waals surface area contributed by atoms with Gasteiger partial charge in [-0.3, -0.25) is 4.79 Å². The molecule has 0 unspecified atom stereocenters. The fourth-order valence-corrected chi connectivity index (χ4v) is 4.29. The van der Waals surface area contributed by atoms with Gasteiger partial charge in [-0.1, -0.05) is 18.7 Å². The van der Waals surface area contributed by atoms with Crippen LogP contribution in [0.25, 0.3) is 11.0 Å². The summed E-state index contributed by atoms with van der Waals surface area (Å²) < 4.78 is 30.5. The zero-order valence-corrected chi connectivity index (χ0v) is 17.3. The molecule has 0 saturated carbocycles. The smallest absolute Gasteiger partial charge is 0.238 e. The summed E-state index contributed by atoms with van der Waals surface area (Å²) in [6, 6.07) is 8.24. The van der Waals surface area contributed by atoms with Crippen LogP contribution in [0.5, 0.6) is 0 Å². The lowest BCUT2D eigenvalue weighted by Gasteiger charge is -2.15. The summed E-state index contributed by atoms with van der Waals surface area (Å²) in [5.74, 6) is 0.878. The molecule has 3 rings (SSSR count). The molecule has 0 aliphatic carbocycles. The number of hydrogen-bond acceptors (Lipinski definition) is 6. The number of aryl methyl sites for hydroxylation is 1. The third-order valence-corrected chi connectivity index (χ3v) is 6.06. The second-order valence-corrected chi connectivity index (χ2v) is 8.86. The van der Waals surface area contributed by atoms with E-state index in [9.17, 15) is 13.2 Å². The quantitative estimate of drug-likeness (QED) is 0.558. The topological polar surface area (TPSA) is 111 Å². The molecule has 0 aliphatic heterocycles. The van der Waals surface area contributed by atoms with Gasteiger partial charge in [-0.25, -0.2) is 18.5 Å². The van der Waals surface area contributed by atoms with Gasteiger partial charge < -0.3 is 13.9 Å². The van der Waals surface area contributed by atoms with Crippen LogP contribution in [0, 0.1) is 0 Å². The van der Waals surface area contributed by atoms with Crippen LogP contribution in [0.15, 0.2) is 51.1 Å². The minimum absolute atomic E-state index is 0.0203. The maximum atomic E-state index is 12.4. The van der Waals surface area contributed by atoms with Crippen LogP contribution in [0.3, 0.4) is 0 Å². The van der Waals surface area contributed by atoms with E-state index >= 15 is 0 Å². The minimum atomic E-state index is -3.80. The number of rotatable bonds is 8. The average Bonchev–Trinajstić information content (AvgIpc) is 3.26. The van der Waals surface area contributed by atoms with Crippen LogP contribution >= 0.6 is 11.8 Å². The van der Waals surface area contributed by atoms with E-state index < -0.39 is 10.0 Å². The first kappa shape index (κ1) is 20.4. The highest BCUT2D eigenvalue weighted by molar-refractivity contribution is 7.99. The van der Waals surface area contributed by atoms with Crippen LogP contribution in [0.2, 0.25) is 0 Å². The van der Waals surface area contributed by atoms with Gasteiger partial charge in [0.1, 0.15) is 5.76 Å². The molecule has 10 heteroatoms. The SMILES string of the molecule is CCCn1c(SCC(=O)N(C)Cc2ccco2)nc2cc(S(N)(=O)=O)ccc21. The molecule has 2 N–H and O–H groups in total. The maximum Gasteiger partial charge on any atom is 0.238 e. The average molecular weight is 423 g/mol. The number of imidazole rings is 1. The Balaban J connectivity index is 1.79. The number of benzene rings is 1. The molecule has 0 radical (unpaired) electrons. The highest BCUT2D eigenvalue weighted by atomic mass is 32.2. The van der Waals surface area contributed by atoms with Crippen molar-refractivity contribution in [3.05, 3.63) is 42.4 Å². The van der Waals surface area contributed by atoms with Gasteiger partial charge in [0.15, 0.2) is 5.16 Å². The van der Waals surface area contributed by atoms with Gasteiger partial charge in [0.2, 0.25) is 15.9 Å². The molecule has 0 atom stereocenters. The molecule has 0 saturated heterocycles. The molecular weight excluding hydrogens is 400 g/mol. The first-order valence-corrected chi connectivity index (χ1v) is 11.2. The van der Waals surface area contributed by atoms with E-state index in [1.807, 2.05) is 17.6 Å². The van der Waals surface area contributed by atoms with E-state index in [0.29, 0.717) is 23.8 Å². The largest absolute Gasteiger partial charge is 0.467 e. The minimum Gasteiger partial charge on any atom is -0.467 e. The zero-order valence-electron chi connectivity index (χ0n) is 15.7. The number of nitrogens with zero attached hydrogens (tertiary/aromatic N) is 3. The summed E-state index contributed by atoms with van der Waals surface area (Å²) in [6.07, 6.45) is 2.45. The van der Waals surface area contributed by atoms with Crippen molar-refractivity contribution < 1.29 is 17.6 Å². The third kappa shape index (κ3) is 4.57. The van der Waals surface area contributed by atoms with Crippen molar-refractivity contribution >= 4 is 38.7 Å². The van der Waals surface area contributed by atoms with Crippen molar-refractivity contribution in [1.29, 1.82) is 0 Å². The number of carbonyl (C=O) groups excluding carboxylic acids is 1. The molecule has 1 aromatic carbocycles. The van der Waals surface area contributed by atoms with Gasteiger partial charge in [0.25, 0.3) is 0 Å². The van der Waals surface area contributed by atoms with Crippen LogP contribution in [0.1, 0.15) is 19.1 Å². The lowest BCUT2D eigenvalue weighted by Crippen LogP contribution is -2.27. The monoisotopic (exact) mass is 422 g/mol. The number of furan rings is 1. The second-order valence-electron chi connectivity index (χ2n) is 6.36. The lowest BCUT2D eigenvalue weighted by molar-refractivity contribution is -0.127. The van der Waals surface area contributed by atoms with E-state index in [2.05, 4.69) is 4.98 Å². The van der Waals surface area contributed by atoms with Gasteiger partial charge >= 0.3 is 0 Å². The van der Waals surface area contributed by atoms with Crippen molar-refractivity contribution in [3.8, 4) is 0 Å². The fourth-order valence-electron chi connectivity index (χ4n) is 2.78. The van der Waals surface area contributed by atoms with Crippen molar-refractivity contribution in [3.63, 3.8) is 0 Å². The second kappa shape index (κ2) is 8.38. The molecule has 28 heavy (non-hydrogen) atoms. The number of primary sulfonamides is 1. The van der Waals surface area contributed by atoms with E-state index in [-0.39, 0.29) is 16.6 Å². The van der Waals surface area contributed by atoms with Crippen LogP contribution in [-0.4, -0.2) is 41.6 Å². The standard InChI is InChI=1S/C18H22N4O4S2/c1-3-8-22-16-7-6-14(28(19,24)25)10-15(16)20-18(22)27-12-17(23)21(2)11-13-5-4-9-26-13/h4-7,9-10H,3,8,11-12H2,1-2H3,(H2,19,24,25). The molecule has 2 heterocycles. The van der Waals surface area contributed by atoms with E-state index in [1.165, 1.54) is 23.9 Å². The van der Waals surface area contributed by atoms with Gasteiger partial charge in [0.05, 0.1) is 34.5 Å². The number of hydrogen-bond donors (Lipinski definition) is 1. The molecule has 0 bridgehead atoms. The number of fused-ring (bicyclic) bond motifs is 1. The van der Waals surface area contributed by atoms with E-state index in [1.54, 1.807) is 30.3 Å². The van der Waals surface area contributed by atoms with E-state index in [4.69, 9.17) is 9.56 Å². The first-order chi connectivity index (χ1) is 13.3. The summed E-state index contributed by atoms with van der Waals surface area (Å²) in [4.78, 5) is 18.6. The number of thioether (sulfide) groups is 1. The summed E-state index contributed by atoms with van der Waals surface area (Å²) >= 11 is 1.32. The maximum absolute atomic E-state index is 12.4. The van der Waals surface area contributed by atoms with Crippen LogP contribution in [0.4, 0.5) is 0 Å². The fraction of sp³-hybridized carbons (Fsp3) is 0.333. The summed E-state index contributed by atoms with van der Waals surface area (Å²) in [6.45, 7) is 3.15. The predicted octanol–water partition coefficient (Wildman–Crippen LogP) is 2.44. The molecule has 0 spiro atoms. The summed E-state index contributed by atoms with van der Waals surface area (Å²) in [5.41, 5.74) is 1.35. The Labute approximate surface area is 167 Å². The molecule has 0 aliphatic rings. The molecule has 1 amide bonds.